The molecule has 2 aromatic rings. The molecule has 2 atom stereocenters. The molecule has 2 aliphatic rings. The highest BCUT2D eigenvalue weighted by Gasteiger charge is 2.36. The minimum Gasteiger partial charge on any atom is -0.396 e. The molecule has 0 radical (unpaired) electrons. The van der Waals surface area contributed by atoms with Gasteiger partial charge in [0.15, 0.2) is 0 Å². The molecular weight excluding hydrogens is 454 g/mol. The summed E-state index contributed by atoms with van der Waals surface area (Å²) in [4.78, 5) is 29.1. The number of nitrogens with zero attached hydrogens (tertiary/aromatic N) is 3. The number of rotatable bonds is 8. The number of aliphatic hydroxyl groups is 1. The van der Waals surface area contributed by atoms with Crippen molar-refractivity contribution in [1.82, 2.24) is 14.5 Å². The van der Waals surface area contributed by atoms with E-state index in [0.717, 1.165) is 10.1 Å². The van der Waals surface area contributed by atoms with E-state index in [1.165, 1.54) is 9.47 Å². The van der Waals surface area contributed by atoms with Crippen LogP contribution >= 0.6 is 23.4 Å². The van der Waals surface area contributed by atoms with Crippen molar-refractivity contribution in [2.24, 2.45) is 7.05 Å². The molecule has 9 nitrogen and oxygen atoms in total. The molecule has 3 heterocycles. The minimum absolute atomic E-state index is 0.0722. The first kappa shape index (κ1) is 22.8. The lowest BCUT2D eigenvalue weighted by molar-refractivity contribution is 0.0713. The van der Waals surface area contributed by atoms with Gasteiger partial charge in [0, 0.05) is 38.0 Å². The third kappa shape index (κ3) is 4.54. The van der Waals surface area contributed by atoms with E-state index < -0.39 is 17.6 Å². The van der Waals surface area contributed by atoms with Gasteiger partial charge in [-0.15, -0.1) is 11.8 Å². The zero-order chi connectivity index (χ0) is 22.8. The zero-order valence-corrected chi connectivity index (χ0v) is 19.4. The molecule has 4 rings (SSSR count). The van der Waals surface area contributed by atoms with Crippen LogP contribution in [0.1, 0.15) is 18.9 Å². The van der Waals surface area contributed by atoms with Gasteiger partial charge in [0.2, 0.25) is 6.35 Å². The molecule has 0 fully saturated rings. The van der Waals surface area contributed by atoms with Gasteiger partial charge in [0.05, 0.1) is 12.0 Å². The highest BCUT2D eigenvalue weighted by molar-refractivity contribution is 8.03. The summed E-state index contributed by atoms with van der Waals surface area (Å²) >= 11 is 7.71. The van der Waals surface area contributed by atoms with E-state index in [9.17, 15) is 14.7 Å². The third-order valence-electron chi connectivity index (χ3n) is 5.37. The topological polar surface area (TPSA) is 101 Å². The molecule has 1 aromatic heterocycles. The van der Waals surface area contributed by atoms with E-state index >= 15 is 0 Å². The van der Waals surface area contributed by atoms with Gasteiger partial charge in [-0.3, -0.25) is 13.9 Å². The van der Waals surface area contributed by atoms with E-state index in [2.05, 4.69) is 10.6 Å². The Morgan fingerprint density at radius 3 is 2.66 bits per heavy atom. The van der Waals surface area contributed by atoms with E-state index in [-0.39, 0.29) is 18.5 Å². The Balaban J connectivity index is 1.67. The summed E-state index contributed by atoms with van der Waals surface area (Å²) in [6.45, 7) is 2.85. The van der Waals surface area contributed by atoms with Crippen molar-refractivity contribution < 1.29 is 9.84 Å². The van der Waals surface area contributed by atoms with E-state index in [0.29, 0.717) is 36.1 Å². The van der Waals surface area contributed by atoms with Crippen LogP contribution in [0, 0.1) is 0 Å². The van der Waals surface area contributed by atoms with Crippen molar-refractivity contribution in [3.05, 3.63) is 66.8 Å². The fourth-order valence-corrected chi connectivity index (χ4v) is 4.75. The van der Waals surface area contributed by atoms with Crippen molar-refractivity contribution in [3.63, 3.8) is 0 Å². The number of aromatic nitrogens is 2. The maximum atomic E-state index is 13.3. The summed E-state index contributed by atoms with van der Waals surface area (Å²) < 4.78 is 8.75. The van der Waals surface area contributed by atoms with Crippen LogP contribution in [0.5, 0.6) is 0 Å². The van der Waals surface area contributed by atoms with Gasteiger partial charge >= 0.3 is 5.69 Å². The van der Waals surface area contributed by atoms with Gasteiger partial charge in [-0.25, -0.2) is 4.79 Å². The van der Waals surface area contributed by atoms with E-state index in [1.54, 1.807) is 30.9 Å². The van der Waals surface area contributed by atoms with E-state index in [4.69, 9.17) is 16.3 Å². The molecule has 2 aliphatic heterocycles. The Labute approximate surface area is 194 Å². The van der Waals surface area contributed by atoms with Gasteiger partial charge in [-0.05, 0) is 35.9 Å². The van der Waals surface area contributed by atoms with Crippen LogP contribution in [-0.2, 0) is 24.9 Å². The quantitative estimate of drug-likeness (QED) is 0.527. The lowest BCUT2D eigenvalue weighted by atomic mass is 10.2. The van der Waals surface area contributed by atoms with Crippen LogP contribution < -0.4 is 26.8 Å². The summed E-state index contributed by atoms with van der Waals surface area (Å²) in [7, 11) is 1.62. The average Bonchev–Trinajstić information content (AvgIpc) is 3.36. The van der Waals surface area contributed by atoms with Crippen LogP contribution in [0.3, 0.4) is 0 Å². The summed E-state index contributed by atoms with van der Waals surface area (Å²) in [5.41, 5.74) is 0.467. The molecule has 0 aliphatic carbocycles. The molecule has 0 saturated carbocycles. The van der Waals surface area contributed by atoms with Gasteiger partial charge in [0.1, 0.15) is 11.5 Å². The molecular formula is C21H26ClN5O4S. The standard InChI is InChI=1S/C21H26ClN5O4S/c1-13-10-23-16(32-13)12-31-20-24-18-17(27(20)11-14-4-6-15(22)7-5-14)19(29)26(8-3-9-28)21(30)25(18)2/h4-7,10,16,20,23-24,28H,3,8-9,11-12H2,1-2H3. The highest BCUT2D eigenvalue weighted by atomic mass is 35.5. The number of allylic oxidation sites excluding steroid dienone is 1. The van der Waals surface area contributed by atoms with Crippen molar-refractivity contribution in [2.45, 2.75) is 38.2 Å². The number of halogens is 1. The second-order valence-corrected chi connectivity index (χ2v) is 9.57. The average molecular weight is 480 g/mol. The number of hydrogen-bond donors (Lipinski definition) is 3. The van der Waals surface area contributed by atoms with Crippen molar-refractivity contribution >= 4 is 34.9 Å². The number of ether oxygens (including phenoxy) is 1. The Kier molecular flexibility index (Phi) is 6.85. The first-order valence-electron chi connectivity index (χ1n) is 10.3. The summed E-state index contributed by atoms with van der Waals surface area (Å²) in [5.74, 6) is 0.417. The lowest BCUT2D eigenvalue weighted by Crippen LogP contribution is -2.43. The second-order valence-electron chi connectivity index (χ2n) is 7.69. The molecule has 32 heavy (non-hydrogen) atoms. The van der Waals surface area contributed by atoms with Crippen molar-refractivity contribution in [2.75, 3.05) is 23.4 Å². The molecule has 0 saturated heterocycles. The zero-order valence-electron chi connectivity index (χ0n) is 17.9. The Hall–Kier alpha value is -2.40. The maximum Gasteiger partial charge on any atom is 0.332 e. The minimum atomic E-state index is -0.629. The van der Waals surface area contributed by atoms with Gasteiger partial charge in [0.25, 0.3) is 5.56 Å². The van der Waals surface area contributed by atoms with Crippen LogP contribution in [0.2, 0.25) is 5.02 Å². The molecule has 2 unspecified atom stereocenters. The predicted molar refractivity (Wildman–Crippen MR) is 127 cm³/mol. The fourth-order valence-electron chi connectivity index (χ4n) is 3.76. The SMILES string of the molecule is CC1=CNC(COC2Nc3c(c(=O)n(CCCO)c(=O)n3C)N2Cc2ccc(Cl)cc2)S1. The Bertz CT molecular complexity index is 1130. The maximum absolute atomic E-state index is 13.3. The molecule has 172 valence electrons. The smallest absolute Gasteiger partial charge is 0.332 e. The number of fused-ring (bicyclic) bond motifs is 1. The fraction of sp³-hybridized carbons (Fsp3) is 0.429. The number of hydrogen-bond acceptors (Lipinski definition) is 8. The first-order chi connectivity index (χ1) is 15.4. The largest absolute Gasteiger partial charge is 0.396 e. The monoisotopic (exact) mass is 479 g/mol. The lowest BCUT2D eigenvalue weighted by Gasteiger charge is -2.27. The van der Waals surface area contributed by atoms with Crippen LogP contribution in [0.15, 0.2) is 45.0 Å². The van der Waals surface area contributed by atoms with Crippen molar-refractivity contribution in [1.29, 1.82) is 0 Å². The van der Waals surface area contributed by atoms with Crippen LogP contribution in [0.4, 0.5) is 11.5 Å². The highest BCUT2D eigenvalue weighted by Crippen LogP contribution is 2.33. The van der Waals surface area contributed by atoms with Crippen LogP contribution in [0.25, 0.3) is 0 Å². The van der Waals surface area contributed by atoms with E-state index in [1.807, 2.05) is 30.2 Å². The first-order valence-corrected chi connectivity index (χ1v) is 11.6. The summed E-state index contributed by atoms with van der Waals surface area (Å²) in [6, 6.07) is 7.38. The molecule has 1 aromatic carbocycles. The second kappa shape index (κ2) is 9.62. The number of nitrogens with one attached hydrogen (secondary N) is 2. The summed E-state index contributed by atoms with van der Waals surface area (Å²) in [6.07, 6.45) is 1.64. The molecule has 0 bridgehead atoms. The predicted octanol–water partition coefficient (Wildman–Crippen LogP) is 1.84. The normalized spacial score (nSPS) is 19.5. The molecule has 11 heteroatoms. The summed E-state index contributed by atoms with van der Waals surface area (Å²) in [5, 5.41) is 16.4. The van der Waals surface area contributed by atoms with Gasteiger partial charge in [-0.2, -0.15) is 0 Å². The number of thioether (sulfide) groups is 1. The number of anilines is 2. The van der Waals surface area contributed by atoms with Gasteiger partial charge < -0.3 is 25.4 Å². The number of aliphatic hydroxyl groups excluding tert-OH is 1. The Morgan fingerprint density at radius 1 is 1.25 bits per heavy atom. The number of benzene rings is 1. The molecule has 0 amide bonds. The van der Waals surface area contributed by atoms with Gasteiger partial charge in [-0.1, -0.05) is 23.7 Å². The molecule has 0 spiro atoms. The van der Waals surface area contributed by atoms with Crippen LogP contribution in [-0.4, -0.2) is 39.2 Å². The molecule has 3 N–H and O–H groups in total. The Morgan fingerprint density at radius 2 is 2.00 bits per heavy atom. The van der Waals surface area contributed by atoms with Crippen molar-refractivity contribution in [3.8, 4) is 0 Å². The third-order valence-corrected chi connectivity index (χ3v) is 6.67.